The number of alkyl halides is 1. The third-order valence-corrected chi connectivity index (χ3v) is 2.95. The molecule has 0 aliphatic heterocycles. The second-order valence-electron chi connectivity index (χ2n) is 4.07. The minimum Gasteiger partial charge on any atom is -0.434 e. The Bertz CT molecular complexity index is 217. The van der Waals surface area contributed by atoms with E-state index in [0.29, 0.717) is 13.2 Å². The predicted octanol–water partition coefficient (Wildman–Crippen LogP) is 4.84. The van der Waals surface area contributed by atoms with E-state index >= 15 is 0 Å². The van der Waals surface area contributed by atoms with Crippen LogP contribution in [0.15, 0.2) is 12.2 Å². The van der Waals surface area contributed by atoms with Crippen molar-refractivity contribution in [3.05, 3.63) is 12.2 Å². The summed E-state index contributed by atoms with van der Waals surface area (Å²) >= 11 is 3.32. The Labute approximate surface area is 119 Å². The van der Waals surface area contributed by atoms with E-state index in [-0.39, 0.29) is 0 Å². The first kappa shape index (κ1) is 17.5. The molecule has 0 rings (SSSR count). The highest BCUT2D eigenvalue weighted by Crippen LogP contribution is 2.02. The van der Waals surface area contributed by atoms with Crippen LogP contribution in [-0.4, -0.2) is 24.7 Å². The standard InChI is InChI=1S/C14H25BrO3/c1-2-3-4-5-6-7-9-12-17-14(16)18-13-10-8-11-15/h3-4H,2,5-13H2,1H3/b4-3-. The van der Waals surface area contributed by atoms with Crippen LogP contribution in [0.5, 0.6) is 0 Å². The van der Waals surface area contributed by atoms with Crippen molar-refractivity contribution >= 4 is 22.1 Å². The fourth-order valence-corrected chi connectivity index (χ4v) is 1.77. The molecule has 106 valence electrons. The lowest BCUT2D eigenvalue weighted by Gasteiger charge is -2.05. The van der Waals surface area contributed by atoms with Gasteiger partial charge in [-0.05, 0) is 44.9 Å². The van der Waals surface area contributed by atoms with E-state index in [0.717, 1.165) is 50.3 Å². The predicted molar refractivity (Wildman–Crippen MR) is 78.2 cm³/mol. The Morgan fingerprint density at radius 2 is 1.67 bits per heavy atom. The van der Waals surface area contributed by atoms with Crippen molar-refractivity contribution in [3.63, 3.8) is 0 Å². The molecule has 0 saturated carbocycles. The highest BCUT2D eigenvalue weighted by atomic mass is 79.9. The molecule has 0 aliphatic rings. The Morgan fingerprint density at radius 3 is 2.28 bits per heavy atom. The lowest BCUT2D eigenvalue weighted by atomic mass is 10.2. The molecular weight excluding hydrogens is 296 g/mol. The summed E-state index contributed by atoms with van der Waals surface area (Å²) in [7, 11) is 0. The summed E-state index contributed by atoms with van der Waals surface area (Å²) in [4.78, 5) is 11.1. The molecule has 0 atom stereocenters. The van der Waals surface area contributed by atoms with Crippen LogP contribution < -0.4 is 0 Å². The first-order valence-electron chi connectivity index (χ1n) is 6.81. The number of carbonyl (C=O) groups excluding carboxylic acids is 1. The van der Waals surface area contributed by atoms with Crippen LogP contribution in [0.25, 0.3) is 0 Å². The average Bonchev–Trinajstić information content (AvgIpc) is 2.38. The number of unbranched alkanes of at least 4 members (excludes halogenated alkanes) is 4. The second-order valence-corrected chi connectivity index (χ2v) is 4.86. The summed E-state index contributed by atoms with van der Waals surface area (Å²) in [5.74, 6) is 0. The maximum Gasteiger partial charge on any atom is 0.508 e. The normalized spacial score (nSPS) is 10.8. The summed E-state index contributed by atoms with van der Waals surface area (Å²) in [5.41, 5.74) is 0. The quantitative estimate of drug-likeness (QED) is 0.236. The lowest BCUT2D eigenvalue weighted by molar-refractivity contribution is 0.0533. The van der Waals surface area contributed by atoms with Crippen molar-refractivity contribution in [1.29, 1.82) is 0 Å². The Kier molecular flexibility index (Phi) is 14.1. The van der Waals surface area contributed by atoms with Gasteiger partial charge in [0.1, 0.15) is 0 Å². The van der Waals surface area contributed by atoms with Gasteiger partial charge in [-0.1, -0.05) is 35.0 Å². The third-order valence-electron chi connectivity index (χ3n) is 2.39. The van der Waals surface area contributed by atoms with E-state index in [9.17, 15) is 4.79 Å². The molecule has 3 nitrogen and oxygen atoms in total. The number of allylic oxidation sites excluding steroid dienone is 2. The van der Waals surface area contributed by atoms with Gasteiger partial charge in [-0.25, -0.2) is 4.79 Å². The first-order valence-corrected chi connectivity index (χ1v) is 7.94. The van der Waals surface area contributed by atoms with Crippen molar-refractivity contribution < 1.29 is 14.3 Å². The highest BCUT2D eigenvalue weighted by Gasteiger charge is 2.02. The zero-order valence-electron chi connectivity index (χ0n) is 11.3. The molecule has 0 heterocycles. The molecule has 0 spiro atoms. The molecule has 0 fully saturated rings. The molecule has 0 bridgehead atoms. The Balaban J connectivity index is 3.17. The number of ether oxygens (including phenoxy) is 2. The van der Waals surface area contributed by atoms with Gasteiger partial charge in [0.15, 0.2) is 0 Å². The van der Waals surface area contributed by atoms with E-state index < -0.39 is 6.16 Å². The maximum atomic E-state index is 11.1. The number of rotatable bonds is 11. The molecular formula is C14H25BrO3. The van der Waals surface area contributed by atoms with Crippen LogP contribution in [0.3, 0.4) is 0 Å². The molecule has 4 heteroatoms. The molecule has 0 aromatic heterocycles. The topological polar surface area (TPSA) is 35.5 Å². The molecule has 0 unspecified atom stereocenters. The molecule has 0 radical (unpaired) electrons. The second kappa shape index (κ2) is 14.6. The number of hydrogen-bond donors (Lipinski definition) is 0. The van der Waals surface area contributed by atoms with Gasteiger partial charge in [0.25, 0.3) is 0 Å². The zero-order valence-corrected chi connectivity index (χ0v) is 12.9. The van der Waals surface area contributed by atoms with Crippen LogP contribution in [0.4, 0.5) is 4.79 Å². The molecule has 0 amide bonds. The van der Waals surface area contributed by atoms with Gasteiger partial charge in [0, 0.05) is 5.33 Å². The fraction of sp³-hybridized carbons (Fsp3) is 0.786. The summed E-state index contributed by atoms with van der Waals surface area (Å²) in [6, 6.07) is 0. The van der Waals surface area contributed by atoms with Crippen LogP contribution in [0.1, 0.15) is 51.9 Å². The minimum atomic E-state index is -0.532. The molecule has 0 saturated heterocycles. The third kappa shape index (κ3) is 13.6. The largest absolute Gasteiger partial charge is 0.508 e. The van der Waals surface area contributed by atoms with E-state index in [1.807, 2.05) is 0 Å². The van der Waals surface area contributed by atoms with Crippen LogP contribution in [0, 0.1) is 0 Å². The summed E-state index contributed by atoms with van der Waals surface area (Å²) in [6.45, 7) is 3.05. The van der Waals surface area contributed by atoms with Crippen LogP contribution in [-0.2, 0) is 9.47 Å². The maximum absolute atomic E-state index is 11.1. The van der Waals surface area contributed by atoms with E-state index in [4.69, 9.17) is 9.47 Å². The van der Waals surface area contributed by atoms with E-state index in [1.54, 1.807) is 0 Å². The highest BCUT2D eigenvalue weighted by molar-refractivity contribution is 9.09. The minimum absolute atomic E-state index is 0.451. The van der Waals surface area contributed by atoms with Crippen molar-refractivity contribution in [2.75, 3.05) is 18.5 Å². The van der Waals surface area contributed by atoms with Gasteiger partial charge < -0.3 is 9.47 Å². The zero-order chi connectivity index (χ0) is 13.5. The van der Waals surface area contributed by atoms with Crippen molar-refractivity contribution in [2.45, 2.75) is 51.9 Å². The summed E-state index contributed by atoms with van der Waals surface area (Å²) < 4.78 is 9.87. The Hall–Kier alpha value is -0.510. The Morgan fingerprint density at radius 1 is 1.00 bits per heavy atom. The smallest absolute Gasteiger partial charge is 0.434 e. The lowest BCUT2D eigenvalue weighted by Crippen LogP contribution is -2.09. The fourth-order valence-electron chi connectivity index (χ4n) is 1.37. The van der Waals surface area contributed by atoms with Gasteiger partial charge >= 0.3 is 6.16 Å². The summed E-state index contributed by atoms with van der Waals surface area (Å²) in [6.07, 6.45) is 11.1. The van der Waals surface area contributed by atoms with Crippen molar-refractivity contribution in [1.82, 2.24) is 0 Å². The van der Waals surface area contributed by atoms with Crippen LogP contribution in [0.2, 0.25) is 0 Å². The first-order chi connectivity index (χ1) is 8.81. The van der Waals surface area contributed by atoms with Crippen LogP contribution >= 0.6 is 15.9 Å². The van der Waals surface area contributed by atoms with Gasteiger partial charge in [-0.15, -0.1) is 0 Å². The summed E-state index contributed by atoms with van der Waals surface area (Å²) in [5, 5.41) is 0.942. The molecule has 0 aliphatic carbocycles. The van der Waals surface area contributed by atoms with Gasteiger partial charge in [0.2, 0.25) is 0 Å². The SMILES string of the molecule is CC/C=C\CCCCCOC(=O)OCCCCBr. The number of halogens is 1. The monoisotopic (exact) mass is 320 g/mol. The molecule has 0 aromatic rings. The van der Waals surface area contributed by atoms with Gasteiger partial charge in [0.05, 0.1) is 13.2 Å². The van der Waals surface area contributed by atoms with E-state index in [2.05, 4.69) is 35.0 Å². The number of hydrogen-bond acceptors (Lipinski definition) is 3. The van der Waals surface area contributed by atoms with Crippen molar-refractivity contribution in [3.8, 4) is 0 Å². The van der Waals surface area contributed by atoms with Gasteiger partial charge in [-0.3, -0.25) is 0 Å². The molecule has 0 aromatic carbocycles. The average molecular weight is 321 g/mol. The number of carbonyl (C=O) groups is 1. The van der Waals surface area contributed by atoms with Crippen molar-refractivity contribution in [2.24, 2.45) is 0 Å². The van der Waals surface area contributed by atoms with Gasteiger partial charge in [-0.2, -0.15) is 0 Å². The molecule has 0 N–H and O–H groups in total. The van der Waals surface area contributed by atoms with E-state index in [1.165, 1.54) is 0 Å². The molecule has 18 heavy (non-hydrogen) atoms.